The number of benzene rings is 1. The van der Waals surface area contributed by atoms with E-state index < -0.39 is 4.92 Å². The second-order valence-electron chi connectivity index (χ2n) is 4.92. The van der Waals surface area contributed by atoms with E-state index >= 15 is 0 Å². The minimum Gasteiger partial charge on any atom is -0.371 e. The molecule has 2 rings (SSSR count). The molecule has 5 heteroatoms. The third-order valence-corrected chi connectivity index (χ3v) is 3.53. The fourth-order valence-corrected chi connectivity index (χ4v) is 2.49. The number of Topliss-reactive ketones (excluding diaryl/α,β-unsaturated/α-hetero) is 1. The molecule has 1 aromatic carbocycles. The number of rotatable bonds is 3. The number of nitro benzene ring substituents is 1. The fourth-order valence-electron chi connectivity index (χ4n) is 2.49. The number of hydrogen-bond donors (Lipinski definition) is 0. The Kier molecular flexibility index (Phi) is 4.14. The zero-order valence-electron chi connectivity index (χ0n) is 11.1. The molecule has 1 aliphatic heterocycles. The van der Waals surface area contributed by atoms with Crippen molar-refractivity contribution >= 4 is 17.2 Å². The van der Waals surface area contributed by atoms with Crippen LogP contribution in [0, 0.1) is 10.1 Å². The van der Waals surface area contributed by atoms with Crippen LogP contribution in [0.4, 0.5) is 11.4 Å². The number of ketones is 1. The van der Waals surface area contributed by atoms with Gasteiger partial charge in [-0.25, -0.2) is 0 Å². The van der Waals surface area contributed by atoms with Crippen molar-refractivity contribution in [1.29, 1.82) is 0 Å². The largest absolute Gasteiger partial charge is 0.371 e. The predicted molar refractivity (Wildman–Crippen MR) is 73.8 cm³/mol. The van der Waals surface area contributed by atoms with Gasteiger partial charge in [0.1, 0.15) is 0 Å². The molecule has 0 aliphatic carbocycles. The molecule has 1 saturated heterocycles. The second kappa shape index (κ2) is 5.82. The summed E-state index contributed by atoms with van der Waals surface area (Å²) >= 11 is 0. The van der Waals surface area contributed by atoms with Gasteiger partial charge in [0.25, 0.3) is 5.69 Å². The maximum absolute atomic E-state index is 11.4. The third kappa shape index (κ3) is 3.10. The van der Waals surface area contributed by atoms with Crippen molar-refractivity contribution in [3.05, 3.63) is 33.9 Å². The van der Waals surface area contributed by atoms with E-state index in [-0.39, 0.29) is 17.0 Å². The van der Waals surface area contributed by atoms with E-state index in [0.29, 0.717) is 0 Å². The Hall–Kier alpha value is -1.91. The van der Waals surface area contributed by atoms with E-state index in [9.17, 15) is 14.9 Å². The smallest absolute Gasteiger partial charge is 0.282 e. The molecular weight excluding hydrogens is 244 g/mol. The molecule has 1 heterocycles. The molecule has 102 valence electrons. The highest BCUT2D eigenvalue weighted by Crippen LogP contribution is 2.27. The van der Waals surface area contributed by atoms with Crippen LogP contribution in [-0.2, 0) is 0 Å². The van der Waals surface area contributed by atoms with Gasteiger partial charge in [0.2, 0.25) is 0 Å². The van der Waals surface area contributed by atoms with Crippen molar-refractivity contribution < 1.29 is 9.72 Å². The predicted octanol–water partition coefficient (Wildman–Crippen LogP) is 3.18. The Balaban J connectivity index is 2.34. The van der Waals surface area contributed by atoms with E-state index in [4.69, 9.17) is 0 Å². The maximum Gasteiger partial charge on any atom is 0.282 e. The fraction of sp³-hybridized carbons (Fsp3) is 0.500. The summed E-state index contributed by atoms with van der Waals surface area (Å²) in [7, 11) is 0. The van der Waals surface area contributed by atoms with Gasteiger partial charge in [0.15, 0.2) is 5.78 Å². The lowest BCUT2D eigenvalue weighted by atomic mass is 10.1. The van der Waals surface area contributed by atoms with Gasteiger partial charge in [-0.15, -0.1) is 0 Å². The maximum atomic E-state index is 11.4. The highest BCUT2D eigenvalue weighted by Gasteiger charge is 2.20. The van der Waals surface area contributed by atoms with Crippen molar-refractivity contribution in [3.63, 3.8) is 0 Å². The average molecular weight is 262 g/mol. The third-order valence-electron chi connectivity index (χ3n) is 3.53. The zero-order chi connectivity index (χ0) is 13.8. The lowest BCUT2D eigenvalue weighted by Gasteiger charge is -2.22. The van der Waals surface area contributed by atoms with Crippen LogP contribution in [0.1, 0.15) is 43.0 Å². The molecule has 0 N–H and O–H groups in total. The van der Waals surface area contributed by atoms with E-state index in [1.165, 1.54) is 25.8 Å². The van der Waals surface area contributed by atoms with Crippen molar-refractivity contribution in [1.82, 2.24) is 0 Å². The highest BCUT2D eigenvalue weighted by atomic mass is 16.6. The molecule has 0 aromatic heterocycles. The summed E-state index contributed by atoms with van der Waals surface area (Å²) < 4.78 is 0. The van der Waals surface area contributed by atoms with E-state index in [0.717, 1.165) is 31.6 Å². The number of anilines is 1. The first-order valence-electron chi connectivity index (χ1n) is 6.64. The molecule has 5 nitrogen and oxygen atoms in total. The SMILES string of the molecule is CC(=O)c1ccc(N2CCCCCC2)cc1[N+](=O)[O-]. The van der Waals surface area contributed by atoms with E-state index in [2.05, 4.69) is 4.90 Å². The van der Waals surface area contributed by atoms with Crippen LogP contribution in [0.25, 0.3) is 0 Å². The van der Waals surface area contributed by atoms with Crippen LogP contribution in [0.3, 0.4) is 0 Å². The molecule has 0 bridgehead atoms. The van der Waals surface area contributed by atoms with Crippen LogP contribution in [0.15, 0.2) is 18.2 Å². The molecular formula is C14H18N2O3. The number of carbonyl (C=O) groups is 1. The van der Waals surface area contributed by atoms with Gasteiger partial charge in [0.05, 0.1) is 10.5 Å². The molecule has 0 amide bonds. The summed E-state index contributed by atoms with van der Waals surface area (Å²) in [5, 5.41) is 11.1. The molecule has 0 spiro atoms. The van der Waals surface area contributed by atoms with Gasteiger partial charge in [0, 0.05) is 24.8 Å². The standard InChI is InChI=1S/C14H18N2O3/c1-11(17)13-7-6-12(10-14(13)16(18)19)15-8-4-2-3-5-9-15/h6-7,10H,2-5,8-9H2,1H3. The monoisotopic (exact) mass is 262 g/mol. The van der Waals surface area contributed by atoms with Crippen LogP contribution in [0.5, 0.6) is 0 Å². The number of carbonyl (C=O) groups excluding carboxylic acids is 1. The van der Waals surface area contributed by atoms with Crippen molar-refractivity contribution in [2.75, 3.05) is 18.0 Å². The normalized spacial score (nSPS) is 15.9. The Morgan fingerprint density at radius 2 is 1.84 bits per heavy atom. The zero-order valence-corrected chi connectivity index (χ0v) is 11.1. The Labute approximate surface area is 112 Å². The summed E-state index contributed by atoms with van der Waals surface area (Å²) in [6, 6.07) is 4.91. The number of hydrogen-bond acceptors (Lipinski definition) is 4. The quantitative estimate of drug-likeness (QED) is 0.477. The van der Waals surface area contributed by atoms with E-state index in [1.807, 2.05) is 6.07 Å². The van der Waals surface area contributed by atoms with Gasteiger partial charge in [-0.05, 0) is 31.9 Å². The summed E-state index contributed by atoms with van der Waals surface area (Å²) in [4.78, 5) is 24.2. The van der Waals surface area contributed by atoms with Crippen LogP contribution in [-0.4, -0.2) is 23.8 Å². The van der Waals surface area contributed by atoms with Crippen LogP contribution in [0.2, 0.25) is 0 Å². The molecule has 0 radical (unpaired) electrons. The Morgan fingerprint density at radius 1 is 1.21 bits per heavy atom. The molecule has 1 aliphatic rings. The van der Waals surface area contributed by atoms with Gasteiger partial charge < -0.3 is 4.90 Å². The van der Waals surface area contributed by atoms with Gasteiger partial charge in [-0.3, -0.25) is 14.9 Å². The van der Waals surface area contributed by atoms with E-state index in [1.54, 1.807) is 6.07 Å². The minimum atomic E-state index is -0.474. The first-order valence-corrected chi connectivity index (χ1v) is 6.64. The first-order chi connectivity index (χ1) is 9.09. The summed E-state index contributed by atoms with van der Waals surface area (Å²) in [6.07, 6.45) is 4.65. The van der Waals surface area contributed by atoms with Crippen LogP contribution >= 0.6 is 0 Å². The highest BCUT2D eigenvalue weighted by molar-refractivity contribution is 5.98. The topological polar surface area (TPSA) is 63.5 Å². The molecule has 0 unspecified atom stereocenters. The Bertz CT molecular complexity index is 491. The second-order valence-corrected chi connectivity index (χ2v) is 4.92. The Morgan fingerprint density at radius 3 is 2.37 bits per heavy atom. The van der Waals surface area contributed by atoms with Crippen molar-refractivity contribution in [2.24, 2.45) is 0 Å². The lowest BCUT2D eigenvalue weighted by molar-refractivity contribution is -0.385. The van der Waals surface area contributed by atoms with Crippen molar-refractivity contribution in [2.45, 2.75) is 32.6 Å². The molecule has 1 aromatic rings. The summed E-state index contributed by atoms with van der Waals surface area (Å²) in [5.74, 6) is -0.269. The average Bonchev–Trinajstić information content (AvgIpc) is 2.66. The lowest BCUT2D eigenvalue weighted by Crippen LogP contribution is -2.24. The number of nitrogens with zero attached hydrogens (tertiary/aromatic N) is 2. The van der Waals surface area contributed by atoms with Gasteiger partial charge in [-0.2, -0.15) is 0 Å². The van der Waals surface area contributed by atoms with Gasteiger partial charge in [-0.1, -0.05) is 12.8 Å². The first kappa shape index (κ1) is 13.5. The van der Waals surface area contributed by atoms with Crippen molar-refractivity contribution in [3.8, 4) is 0 Å². The molecule has 19 heavy (non-hydrogen) atoms. The minimum absolute atomic E-state index is 0.0887. The molecule has 0 atom stereocenters. The molecule has 0 saturated carbocycles. The summed E-state index contributed by atoms with van der Waals surface area (Å²) in [5.41, 5.74) is 0.941. The van der Waals surface area contributed by atoms with Crippen LogP contribution < -0.4 is 4.90 Å². The molecule has 1 fully saturated rings. The van der Waals surface area contributed by atoms with Gasteiger partial charge >= 0.3 is 0 Å². The summed E-state index contributed by atoms with van der Waals surface area (Å²) in [6.45, 7) is 3.21. The number of nitro groups is 1.